The molecule has 27 heavy (non-hydrogen) atoms. The summed E-state index contributed by atoms with van der Waals surface area (Å²) in [5, 5.41) is 0. The predicted molar refractivity (Wildman–Crippen MR) is 99.7 cm³/mol. The zero-order valence-corrected chi connectivity index (χ0v) is 15.6. The molecule has 0 N–H and O–H groups in total. The Labute approximate surface area is 159 Å². The second-order valence-electron chi connectivity index (χ2n) is 7.55. The van der Waals surface area contributed by atoms with E-state index in [2.05, 4.69) is 9.88 Å². The van der Waals surface area contributed by atoms with Gasteiger partial charge in [-0.3, -0.25) is 9.69 Å². The second-order valence-corrected chi connectivity index (χ2v) is 7.55. The Balaban J connectivity index is 1.45. The fourth-order valence-corrected chi connectivity index (χ4v) is 4.12. The van der Waals surface area contributed by atoms with Crippen LogP contribution >= 0.6 is 0 Å². The molecule has 2 aliphatic rings. The zero-order chi connectivity index (χ0) is 18.6. The summed E-state index contributed by atoms with van der Waals surface area (Å²) in [4.78, 5) is 21.5. The summed E-state index contributed by atoms with van der Waals surface area (Å²) in [6, 6.07) is 6.42. The van der Waals surface area contributed by atoms with Crippen molar-refractivity contribution < 1.29 is 13.6 Å². The highest BCUT2D eigenvalue weighted by Crippen LogP contribution is 2.31. The molecular formula is C21H26FN3O2. The van der Waals surface area contributed by atoms with Gasteiger partial charge in [0.15, 0.2) is 0 Å². The average molecular weight is 371 g/mol. The van der Waals surface area contributed by atoms with E-state index in [1.807, 2.05) is 11.0 Å². The van der Waals surface area contributed by atoms with Crippen LogP contribution in [-0.4, -0.2) is 46.9 Å². The number of amides is 1. The molecule has 2 aliphatic heterocycles. The molecule has 2 aromatic rings. The van der Waals surface area contributed by atoms with Crippen molar-refractivity contribution >= 4 is 5.91 Å². The van der Waals surface area contributed by atoms with Crippen molar-refractivity contribution in [2.45, 2.75) is 44.6 Å². The van der Waals surface area contributed by atoms with E-state index < -0.39 is 0 Å². The molecule has 1 amide bonds. The number of piperidine rings is 1. The molecule has 1 atom stereocenters. The van der Waals surface area contributed by atoms with Crippen molar-refractivity contribution in [3.8, 4) is 0 Å². The van der Waals surface area contributed by atoms with Crippen molar-refractivity contribution in [2.75, 3.05) is 26.2 Å². The Kier molecular flexibility index (Phi) is 5.53. The summed E-state index contributed by atoms with van der Waals surface area (Å²) in [6.45, 7) is 3.29. The van der Waals surface area contributed by atoms with Crippen molar-refractivity contribution in [1.29, 1.82) is 0 Å². The standard InChI is InChI=1S/C21H26FN3O2/c22-17-7-5-6-16(12-17)13-18-14-23-21(27-18)19-8-1-2-11-25(19)20(26)15-24-9-3-4-10-24/h5-7,12,14,19H,1-4,8-11,13,15H2/t19-/m1/s1. The molecule has 5 nitrogen and oxygen atoms in total. The number of halogens is 1. The van der Waals surface area contributed by atoms with E-state index in [9.17, 15) is 9.18 Å². The van der Waals surface area contributed by atoms with Crippen molar-refractivity contribution in [3.05, 3.63) is 53.5 Å². The monoisotopic (exact) mass is 371 g/mol. The van der Waals surface area contributed by atoms with E-state index in [-0.39, 0.29) is 17.8 Å². The molecule has 1 aromatic carbocycles. The number of oxazole rings is 1. The van der Waals surface area contributed by atoms with E-state index in [4.69, 9.17) is 4.42 Å². The summed E-state index contributed by atoms with van der Waals surface area (Å²) >= 11 is 0. The largest absolute Gasteiger partial charge is 0.443 e. The molecule has 144 valence electrons. The highest BCUT2D eigenvalue weighted by atomic mass is 19.1. The molecule has 0 spiro atoms. The van der Waals surface area contributed by atoms with Crippen LogP contribution in [0.15, 0.2) is 34.9 Å². The number of benzene rings is 1. The first-order valence-electron chi connectivity index (χ1n) is 9.90. The maximum Gasteiger partial charge on any atom is 0.237 e. The first-order chi connectivity index (χ1) is 13.2. The first kappa shape index (κ1) is 18.2. The molecule has 2 saturated heterocycles. The predicted octanol–water partition coefficient (Wildman–Crippen LogP) is 3.55. The van der Waals surface area contributed by atoms with Gasteiger partial charge in [-0.15, -0.1) is 0 Å². The number of hydrogen-bond donors (Lipinski definition) is 0. The maximum atomic E-state index is 13.4. The third kappa shape index (κ3) is 4.38. The van der Waals surface area contributed by atoms with Crippen LogP contribution in [0, 0.1) is 5.82 Å². The Hall–Kier alpha value is -2.21. The van der Waals surface area contributed by atoms with Crippen molar-refractivity contribution in [2.24, 2.45) is 0 Å². The van der Waals surface area contributed by atoms with E-state index in [1.54, 1.807) is 12.3 Å². The minimum absolute atomic E-state index is 0.0879. The Morgan fingerprint density at radius 3 is 2.81 bits per heavy atom. The van der Waals surface area contributed by atoms with Crippen LogP contribution in [0.4, 0.5) is 4.39 Å². The maximum absolute atomic E-state index is 13.4. The molecule has 4 rings (SSSR count). The molecule has 0 unspecified atom stereocenters. The van der Waals surface area contributed by atoms with Gasteiger partial charge in [0.25, 0.3) is 0 Å². The molecule has 6 heteroatoms. The van der Waals surface area contributed by atoms with Gasteiger partial charge in [0, 0.05) is 13.0 Å². The Morgan fingerprint density at radius 2 is 2.00 bits per heavy atom. The van der Waals surface area contributed by atoms with Crippen LogP contribution in [-0.2, 0) is 11.2 Å². The van der Waals surface area contributed by atoms with Crippen LogP contribution in [0.1, 0.15) is 55.4 Å². The summed E-state index contributed by atoms with van der Waals surface area (Å²) in [6.07, 6.45) is 7.54. The fraction of sp³-hybridized carbons (Fsp3) is 0.524. The topological polar surface area (TPSA) is 49.6 Å². The van der Waals surface area contributed by atoms with Crippen LogP contribution in [0.25, 0.3) is 0 Å². The third-order valence-corrected chi connectivity index (χ3v) is 5.50. The lowest BCUT2D eigenvalue weighted by Crippen LogP contribution is -2.43. The van der Waals surface area contributed by atoms with Gasteiger partial charge in [0.05, 0.1) is 12.7 Å². The third-order valence-electron chi connectivity index (χ3n) is 5.50. The number of nitrogens with zero attached hydrogens (tertiary/aromatic N) is 3. The van der Waals surface area contributed by atoms with Crippen molar-refractivity contribution in [3.63, 3.8) is 0 Å². The van der Waals surface area contributed by atoms with Gasteiger partial charge in [-0.25, -0.2) is 9.37 Å². The first-order valence-corrected chi connectivity index (χ1v) is 9.90. The van der Waals surface area contributed by atoms with E-state index in [1.165, 1.54) is 25.0 Å². The minimum Gasteiger partial charge on any atom is -0.443 e. The highest BCUT2D eigenvalue weighted by molar-refractivity contribution is 5.78. The summed E-state index contributed by atoms with van der Waals surface area (Å²) in [5.74, 6) is 1.23. The number of carbonyl (C=O) groups excluding carboxylic acids is 1. The number of carbonyl (C=O) groups is 1. The van der Waals surface area contributed by atoms with Crippen molar-refractivity contribution in [1.82, 2.24) is 14.8 Å². The van der Waals surface area contributed by atoms with Gasteiger partial charge in [-0.05, 0) is 62.9 Å². The fourth-order valence-electron chi connectivity index (χ4n) is 4.12. The normalized spacial score (nSPS) is 20.9. The van der Waals surface area contributed by atoms with Crippen LogP contribution in [0.2, 0.25) is 0 Å². The number of aromatic nitrogens is 1. The van der Waals surface area contributed by atoms with E-state index in [0.717, 1.165) is 44.5 Å². The van der Waals surface area contributed by atoms with Gasteiger partial charge in [0.1, 0.15) is 17.6 Å². The molecule has 3 heterocycles. The Morgan fingerprint density at radius 1 is 1.19 bits per heavy atom. The quantitative estimate of drug-likeness (QED) is 0.806. The SMILES string of the molecule is O=C(CN1CCCC1)N1CCCC[C@@H]1c1ncc(Cc2cccc(F)c2)o1. The summed E-state index contributed by atoms with van der Waals surface area (Å²) < 4.78 is 19.4. The lowest BCUT2D eigenvalue weighted by atomic mass is 10.0. The second kappa shape index (κ2) is 8.21. The molecule has 1 aromatic heterocycles. The Bertz CT molecular complexity index is 785. The summed E-state index contributed by atoms with van der Waals surface area (Å²) in [7, 11) is 0. The van der Waals surface area contributed by atoms with Crippen LogP contribution in [0.3, 0.4) is 0 Å². The zero-order valence-electron chi connectivity index (χ0n) is 15.6. The van der Waals surface area contributed by atoms with Gasteiger partial charge in [-0.1, -0.05) is 12.1 Å². The molecule has 0 bridgehead atoms. The lowest BCUT2D eigenvalue weighted by molar-refractivity contribution is -0.136. The molecule has 0 radical (unpaired) electrons. The van der Waals surface area contributed by atoms with Gasteiger partial charge < -0.3 is 9.32 Å². The minimum atomic E-state index is -0.252. The van der Waals surface area contributed by atoms with Crippen LogP contribution < -0.4 is 0 Å². The van der Waals surface area contributed by atoms with Crippen LogP contribution in [0.5, 0.6) is 0 Å². The molecular weight excluding hydrogens is 345 g/mol. The number of hydrogen-bond acceptors (Lipinski definition) is 4. The van der Waals surface area contributed by atoms with Gasteiger partial charge in [-0.2, -0.15) is 0 Å². The van der Waals surface area contributed by atoms with Gasteiger partial charge >= 0.3 is 0 Å². The van der Waals surface area contributed by atoms with E-state index >= 15 is 0 Å². The number of likely N-dealkylation sites (tertiary alicyclic amines) is 2. The smallest absolute Gasteiger partial charge is 0.237 e. The molecule has 0 saturated carbocycles. The summed E-state index contributed by atoms with van der Waals surface area (Å²) in [5.41, 5.74) is 0.850. The highest BCUT2D eigenvalue weighted by Gasteiger charge is 2.32. The number of rotatable bonds is 5. The van der Waals surface area contributed by atoms with E-state index in [0.29, 0.717) is 24.6 Å². The average Bonchev–Trinajstić information content (AvgIpc) is 3.34. The lowest BCUT2D eigenvalue weighted by Gasteiger charge is -2.34. The molecule has 0 aliphatic carbocycles. The van der Waals surface area contributed by atoms with Gasteiger partial charge in [0.2, 0.25) is 11.8 Å². The molecule has 2 fully saturated rings.